The molecule has 3 atom stereocenters. The monoisotopic (exact) mass is 518 g/mol. The van der Waals surface area contributed by atoms with Crippen LogP contribution in [0.4, 0.5) is 0 Å². The van der Waals surface area contributed by atoms with Crippen LogP contribution < -0.4 is 0 Å². The molecule has 0 radical (unpaired) electrons. The third-order valence-corrected chi connectivity index (χ3v) is 14.3. The summed E-state index contributed by atoms with van der Waals surface area (Å²) in [4.78, 5) is 0.409. The van der Waals surface area contributed by atoms with E-state index in [1.54, 1.807) is 24.3 Å². The van der Waals surface area contributed by atoms with Crippen LogP contribution in [0.5, 0.6) is 0 Å². The summed E-state index contributed by atoms with van der Waals surface area (Å²) in [5, 5.41) is -0.277. The van der Waals surface area contributed by atoms with Gasteiger partial charge in [0.1, 0.15) is 0 Å². The standard InChI is InChI=1S/C29H46O4SSi/c1-24(22-33-35(6,7)29(3,4)5)18-19-28(34(30,31)27-16-12-9-13-17-27)25(2)20-21-32-23-26-14-10-8-11-15-26/h8-17,24-25,28H,18-23H2,1-7H3/t24-,25-,28?/m0/s1. The van der Waals surface area contributed by atoms with Gasteiger partial charge in [-0.15, -0.1) is 0 Å². The Balaban J connectivity index is 2.02. The highest BCUT2D eigenvalue weighted by Gasteiger charge is 2.37. The van der Waals surface area contributed by atoms with Crippen LogP contribution >= 0.6 is 0 Å². The molecule has 0 amide bonds. The van der Waals surface area contributed by atoms with Gasteiger partial charge in [0.2, 0.25) is 0 Å². The highest BCUT2D eigenvalue weighted by atomic mass is 32.2. The average Bonchev–Trinajstić information content (AvgIpc) is 2.81. The van der Waals surface area contributed by atoms with Crippen molar-refractivity contribution >= 4 is 18.2 Å². The predicted octanol–water partition coefficient (Wildman–Crippen LogP) is 7.51. The molecule has 0 N–H and O–H groups in total. The molecule has 0 saturated carbocycles. The highest BCUT2D eigenvalue weighted by Crippen LogP contribution is 2.37. The van der Waals surface area contributed by atoms with E-state index in [1.807, 2.05) is 43.3 Å². The Morgan fingerprint density at radius 2 is 1.43 bits per heavy atom. The van der Waals surface area contributed by atoms with Crippen LogP contribution in [0.1, 0.15) is 59.4 Å². The highest BCUT2D eigenvalue weighted by molar-refractivity contribution is 7.92. The molecule has 0 aliphatic carbocycles. The van der Waals surface area contributed by atoms with E-state index < -0.39 is 23.4 Å². The predicted molar refractivity (Wildman–Crippen MR) is 149 cm³/mol. The number of hydrogen-bond donors (Lipinski definition) is 0. The van der Waals surface area contributed by atoms with Gasteiger partial charge in [-0.1, -0.05) is 83.1 Å². The van der Waals surface area contributed by atoms with Crippen LogP contribution in [0.25, 0.3) is 0 Å². The first kappa shape index (κ1) is 29.8. The smallest absolute Gasteiger partial charge is 0.191 e. The largest absolute Gasteiger partial charge is 0.417 e. The zero-order chi connectivity index (χ0) is 26.1. The van der Waals surface area contributed by atoms with E-state index in [2.05, 4.69) is 40.8 Å². The molecule has 196 valence electrons. The van der Waals surface area contributed by atoms with Crippen molar-refractivity contribution < 1.29 is 17.6 Å². The first-order chi connectivity index (χ1) is 16.3. The molecule has 0 aliphatic rings. The van der Waals surface area contributed by atoms with E-state index in [-0.39, 0.29) is 11.0 Å². The molecule has 2 rings (SSSR count). The van der Waals surface area contributed by atoms with E-state index in [1.165, 1.54) is 0 Å². The first-order valence-corrected chi connectivity index (χ1v) is 17.3. The van der Waals surface area contributed by atoms with Crippen molar-refractivity contribution in [2.24, 2.45) is 11.8 Å². The summed E-state index contributed by atoms with van der Waals surface area (Å²) in [6.07, 6.45) is 2.15. The molecule has 35 heavy (non-hydrogen) atoms. The maximum absolute atomic E-state index is 13.6. The van der Waals surface area contributed by atoms with Gasteiger partial charge >= 0.3 is 0 Å². The minimum atomic E-state index is -3.44. The van der Waals surface area contributed by atoms with Crippen molar-refractivity contribution in [3.8, 4) is 0 Å². The van der Waals surface area contributed by atoms with Gasteiger partial charge < -0.3 is 9.16 Å². The molecular weight excluding hydrogens is 472 g/mol. The summed E-state index contributed by atoms with van der Waals surface area (Å²) < 4.78 is 39.5. The lowest BCUT2D eigenvalue weighted by Gasteiger charge is -2.37. The van der Waals surface area contributed by atoms with E-state index in [9.17, 15) is 8.42 Å². The van der Waals surface area contributed by atoms with Crippen molar-refractivity contribution in [1.82, 2.24) is 0 Å². The second kappa shape index (κ2) is 13.2. The summed E-state index contributed by atoms with van der Waals surface area (Å²) in [5.41, 5.74) is 1.13. The van der Waals surface area contributed by atoms with Crippen LogP contribution in [0.2, 0.25) is 18.1 Å². The SMILES string of the molecule is C[C@@H](CCC([C@@H](C)CCOCc1ccccc1)S(=O)(=O)c1ccccc1)CO[Si](C)(C)C(C)(C)C. The fourth-order valence-electron chi connectivity index (χ4n) is 3.85. The Labute approximate surface area is 215 Å². The van der Waals surface area contributed by atoms with Gasteiger partial charge in [0, 0.05) is 13.2 Å². The quantitative estimate of drug-likeness (QED) is 0.192. The Morgan fingerprint density at radius 3 is 2.00 bits per heavy atom. The maximum Gasteiger partial charge on any atom is 0.191 e. The Kier molecular flexibility index (Phi) is 11.2. The summed E-state index contributed by atoms with van der Waals surface area (Å²) in [5.74, 6) is 0.295. The average molecular weight is 519 g/mol. The molecule has 4 nitrogen and oxygen atoms in total. The lowest BCUT2D eigenvalue weighted by Crippen LogP contribution is -2.41. The fourth-order valence-corrected chi connectivity index (χ4v) is 7.06. The number of ether oxygens (including phenoxy) is 1. The summed E-state index contributed by atoms with van der Waals surface area (Å²) in [6, 6.07) is 19.0. The minimum absolute atomic E-state index is 0.00973. The van der Waals surface area contributed by atoms with Gasteiger partial charge in [-0.3, -0.25) is 0 Å². The zero-order valence-electron chi connectivity index (χ0n) is 22.8. The molecule has 0 spiro atoms. The number of sulfone groups is 1. The van der Waals surface area contributed by atoms with Crippen molar-refractivity contribution in [2.45, 2.75) is 88.8 Å². The van der Waals surface area contributed by atoms with Gasteiger partial charge in [-0.2, -0.15) is 0 Å². The lowest BCUT2D eigenvalue weighted by atomic mass is 9.96. The number of rotatable bonds is 14. The molecular formula is C29H46O4SSi. The van der Waals surface area contributed by atoms with Crippen LogP contribution in [0.3, 0.4) is 0 Å². The molecule has 6 heteroatoms. The molecule has 2 aromatic carbocycles. The summed E-state index contributed by atoms with van der Waals surface area (Å²) >= 11 is 0. The number of hydrogen-bond acceptors (Lipinski definition) is 4. The van der Waals surface area contributed by atoms with E-state index in [0.717, 1.165) is 12.0 Å². The van der Waals surface area contributed by atoms with Crippen LogP contribution in [-0.2, 0) is 25.6 Å². The van der Waals surface area contributed by atoms with Crippen molar-refractivity contribution in [2.75, 3.05) is 13.2 Å². The van der Waals surface area contributed by atoms with E-state index >= 15 is 0 Å². The van der Waals surface area contributed by atoms with Gasteiger partial charge in [-0.25, -0.2) is 8.42 Å². The van der Waals surface area contributed by atoms with Crippen LogP contribution in [0, 0.1) is 11.8 Å². The second-order valence-electron chi connectivity index (χ2n) is 11.5. The topological polar surface area (TPSA) is 52.6 Å². The molecule has 0 heterocycles. The van der Waals surface area contributed by atoms with Crippen molar-refractivity contribution in [3.05, 3.63) is 66.2 Å². The third kappa shape index (κ3) is 9.16. The zero-order valence-corrected chi connectivity index (χ0v) is 24.6. The molecule has 0 saturated heterocycles. The van der Waals surface area contributed by atoms with Gasteiger partial charge in [0.05, 0.1) is 16.8 Å². The van der Waals surface area contributed by atoms with E-state index in [0.29, 0.717) is 43.5 Å². The minimum Gasteiger partial charge on any atom is -0.417 e. The van der Waals surface area contributed by atoms with E-state index in [4.69, 9.17) is 9.16 Å². The third-order valence-electron chi connectivity index (χ3n) is 7.41. The Hall–Kier alpha value is -1.47. The van der Waals surface area contributed by atoms with Gasteiger partial charge in [0.15, 0.2) is 18.2 Å². The van der Waals surface area contributed by atoms with Gasteiger partial charge in [-0.05, 0) is 66.9 Å². The molecule has 0 aliphatic heterocycles. The molecule has 1 unspecified atom stereocenters. The Bertz CT molecular complexity index is 969. The van der Waals surface area contributed by atoms with Crippen molar-refractivity contribution in [1.29, 1.82) is 0 Å². The second-order valence-corrected chi connectivity index (χ2v) is 18.4. The lowest BCUT2D eigenvalue weighted by molar-refractivity contribution is 0.108. The molecule has 0 bridgehead atoms. The summed E-state index contributed by atoms with van der Waals surface area (Å²) in [7, 11) is -5.26. The molecule has 2 aromatic rings. The molecule has 0 aromatic heterocycles. The summed E-state index contributed by atoms with van der Waals surface area (Å²) in [6.45, 7) is 17.3. The Morgan fingerprint density at radius 1 is 0.857 bits per heavy atom. The van der Waals surface area contributed by atoms with Crippen molar-refractivity contribution in [3.63, 3.8) is 0 Å². The molecule has 0 fully saturated rings. The normalized spacial score (nSPS) is 15.5. The van der Waals surface area contributed by atoms with Crippen LogP contribution in [-0.4, -0.2) is 35.2 Å². The first-order valence-electron chi connectivity index (χ1n) is 12.9. The fraction of sp³-hybridized carbons (Fsp3) is 0.586. The number of benzene rings is 2. The van der Waals surface area contributed by atoms with Crippen LogP contribution in [0.15, 0.2) is 65.6 Å². The maximum atomic E-state index is 13.6. The van der Waals surface area contributed by atoms with Gasteiger partial charge in [0.25, 0.3) is 0 Å².